The first-order valence-electron chi connectivity index (χ1n) is 6.07. The zero-order valence-corrected chi connectivity index (χ0v) is 9.97. The quantitative estimate of drug-likeness (QED) is 0.770. The van der Waals surface area contributed by atoms with E-state index in [1.165, 1.54) is 16.3 Å². The van der Waals surface area contributed by atoms with Crippen LogP contribution in [0.1, 0.15) is 18.4 Å². The zero-order chi connectivity index (χ0) is 12.1. The van der Waals surface area contributed by atoms with E-state index in [2.05, 4.69) is 36.9 Å². The smallest absolute Gasteiger partial charge is 0.0583 e. The van der Waals surface area contributed by atoms with E-state index in [9.17, 15) is 5.11 Å². The summed E-state index contributed by atoms with van der Waals surface area (Å²) in [4.78, 5) is 0. The summed E-state index contributed by atoms with van der Waals surface area (Å²) < 4.78 is 0. The molecule has 2 rings (SSSR count). The Kier molecular flexibility index (Phi) is 3.94. The highest BCUT2D eigenvalue weighted by Gasteiger charge is 2.07. The number of benzene rings is 2. The van der Waals surface area contributed by atoms with Gasteiger partial charge in [0.15, 0.2) is 0 Å². The van der Waals surface area contributed by atoms with Crippen molar-refractivity contribution in [3.05, 3.63) is 60.7 Å². The topological polar surface area (TPSA) is 20.2 Å². The number of hydrogen-bond donors (Lipinski definition) is 1. The normalized spacial score (nSPS) is 12.5. The third kappa shape index (κ3) is 2.95. The molecule has 0 saturated heterocycles. The molecule has 17 heavy (non-hydrogen) atoms. The summed E-state index contributed by atoms with van der Waals surface area (Å²) in [5.41, 5.74) is 1.22. The van der Waals surface area contributed by atoms with Gasteiger partial charge in [0.25, 0.3) is 0 Å². The van der Waals surface area contributed by atoms with Gasteiger partial charge in [0, 0.05) is 0 Å². The molecule has 0 aliphatic heterocycles. The number of hydrogen-bond acceptors (Lipinski definition) is 1. The molecule has 1 atom stereocenters. The summed E-state index contributed by atoms with van der Waals surface area (Å²) in [5.74, 6) is 0. The Bertz CT molecular complexity index is 496. The third-order valence-electron chi connectivity index (χ3n) is 3.04. The Morgan fingerprint density at radius 3 is 2.71 bits per heavy atom. The van der Waals surface area contributed by atoms with Crippen molar-refractivity contribution in [1.82, 2.24) is 0 Å². The van der Waals surface area contributed by atoms with Crippen LogP contribution in [0.25, 0.3) is 10.8 Å². The van der Waals surface area contributed by atoms with Crippen molar-refractivity contribution in [2.45, 2.75) is 25.4 Å². The molecule has 0 bridgehead atoms. The lowest BCUT2D eigenvalue weighted by Gasteiger charge is -2.11. The van der Waals surface area contributed by atoms with Gasteiger partial charge in [0.1, 0.15) is 0 Å². The first kappa shape index (κ1) is 11.9. The van der Waals surface area contributed by atoms with Gasteiger partial charge in [-0.05, 0) is 35.6 Å². The number of aliphatic hydroxyl groups is 1. The molecule has 0 saturated carbocycles. The molecule has 0 spiro atoms. The van der Waals surface area contributed by atoms with Crippen molar-refractivity contribution in [3.8, 4) is 0 Å². The van der Waals surface area contributed by atoms with Gasteiger partial charge < -0.3 is 5.11 Å². The molecule has 1 N–H and O–H groups in total. The average Bonchev–Trinajstić information content (AvgIpc) is 2.37. The molecule has 1 nitrogen and oxygen atoms in total. The molecular weight excluding hydrogens is 208 g/mol. The summed E-state index contributed by atoms with van der Waals surface area (Å²) in [5, 5.41) is 12.4. The molecule has 2 aromatic rings. The SMILES string of the molecule is C=CCCC(O)Cc1cccc2ccccc12. The van der Waals surface area contributed by atoms with Crippen molar-refractivity contribution in [3.63, 3.8) is 0 Å². The van der Waals surface area contributed by atoms with Crippen LogP contribution in [0.4, 0.5) is 0 Å². The standard InChI is InChI=1S/C16H18O/c1-2-3-10-15(17)12-14-9-6-8-13-7-4-5-11-16(13)14/h2,4-9,11,15,17H,1,3,10,12H2. The van der Waals surface area contributed by atoms with Crippen LogP contribution < -0.4 is 0 Å². The van der Waals surface area contributed by atoms with Gasteiger partial charge in [-0.2, -0.15) is 0 Å². The monoisotopic (exact) mass is 226 g/mol. The Balaban J connectivity index is 2.20. The Morgan fingerprint density at radius 2 is 1.88 bits per heavy atom. The van der Waals surface area contributed by atoms with Gasteiger partial charge in [-0.1, -0.05) is 48.5 Å². The maximum absolute atomic E-state index is 9.95. The van der Waals surface area contributed by atoms with Crippen molar-refractivity contribution >= 4 is 10.8 Å². The average molecular weight is 226 g/mol. The van der Waals surface area contributed by atoms with Gasteiger partial charge in [0.05, 0.1) is 6.10 Å². The van der Waals surface area contributed by atoms with Gasteiger partial charge >= 0.3 is 0 Å². The van der Waals surface area contributed by atoms with E-state index in [1.807, 2.05) is 18.2 Å². The van der Waals surface area contributed by atoms with E-state index in [1.54, 1.807) is 0 Å². The van der Waals surface area contributed by atoms with Crippen LogP contribution in [0.3, 0.4) is 0 Å². The van der Waals surface area contributed by atoms with Crippen LogP contribution in [-0.2, 0) is 6.42 Å². The Morgan fingerprint density at radius 1 is 1.12 bits per heavy atom. The minimum Gasteiger partial charge on any atom is -0.393 e. The first-order chi connectivity index (χ1) is 8.31. The van der Waals surface area contributed by atoms with Gasteiger partial charge in [-0.3, -0.25) is 0 Å². The molecule has 1 heteroatoms. The molecule has 0 amide bonds. The van der Waals surface area contributed by atoms with E-state index in [4.69, 9.17) is 0 Å². The van der Waals surface area contributed by atoms with Crippen molar-refractivity contribution < 1.29 is 5.11 Å². The van der Waals surface area contributed by atoms with E-state index in [0.29, 0.717) is 0 Å². The van der Waals surface area contributed by atoms with Crippen LogP contribution in [0.15, 0.2) is 55.1 Å². The highest BCUT2D eigenvalue weighted by atomic mass is 16.3. The maximum Gasteiger partial charge on any atom is 0.0583 e. The number of allylic oxidation sites excluding steroid dienone is 1. The van der Waals surface area contributed by atoms with Gasteiger partial charge in [-0.15, -0.1) is 6.58 Å². The number of rotatable bonds is 5. The van der Waals surface area contributed by atoms with E-state index in [0.717, 1.165) is 19.3 Å². The second-order valence-electron chi connectivity index (χ2n) is 4.36. The molecule has 0 aromatic heterocycles. The van der Waals surface area contributed by atoms with Crippen molar-refractivity contribution in [2.24, 2.45) is 0 Å². The molecular formula is C16H18O. The lowest BCUT2D eigenvalue weighted by atomic mass is 9.98. The van der Waals surface area contributed by atoms with E-state index < -0.39 is 0 Å². The molecule has 2 aromatic carbocycles. The van der Waals surface area contributed by atoms with Crippen LogP contribution >= 0.6 is 0 Å². The zero-order valence-electron chi connectivity index (χ0n) is 9.97. The fourth-order valence-corrected chi connectivity index (χ4v) is 2.14. The van der Waals surface area contributed by atoms with Crippen LogP contribution in [0.2, 0.25) is 0 Å². The van der Waals surface area contributed by atoms with E-state index >= 15 is 0 Å². The molecule has 0 aliphatic rings. The van der Waals surface area contributed by atoms with Crippen LogP contribution in [0.5, 0.6) is 0 Å². The highest BCUT2D eigenvalue weighted by molar-refractivity contribution is 5.85. The second kappa shape index (κ2) is 5.65. The second-order valence-corrected chi connectivity index (χ2v) is 4.36. The minimum absolute atomic E-state index is 0.279. The molecule has 0 radical (unpaired) electrons. The molecule has 0 heterocycles. The predicted octanol–water partition coefficient (Wildman–Crippen LogP) is 3.71. The van der Waals surface area contributed by atoms with Crippen molar-refractivity contribution in [2.75, 3.05) is 0 Å². The lowest BCUT2D eigenvalue weighted by Crippen LogP contribution is -2.10. The first-order valence-corrected chi connectivity index (χ1v) is 6.07. The fraction of sp³-hybridized carbons (Fsp3) is 0.250. The van der Waals surface area contributed by atoms with Crippen LogP contribution in [-0.4, -0.2) is 11.2 Å². The molecule has 1 unspecified atom stereocenters. The maximum atomic E-state index is 9.95. The summed E-state index contributed by atoms with van der Waals surface area (Å²) in [6.07, 6.45) is 3.94. The van der Waals surface area contributed by atoms with Crippen molar-refractivity contribution in [1.29, 1.82) is 0 Å². The molecule has 88 valence electrons. The summed E-state index contributed by atoms with van der Waals surface area (Å²) in [7, 11) is 0. The largest absolute Gasteiger partial charge is 0.393 e. The van der Waals surface area contributed by atoms with Crippen LogP contribution in [0, 0.1) is 0 Å². The lowest BCUT2D eigenvalue weighted by molar-refractivity contribution is 0.166. The summed E-state index contributed by atoms with van der Waals surface area (Å²) >= 11 is 0. The van der Waals surface area contributed by atoms with Gasteiger partial charge in [-0.25, -0.2) is 0 Å². The Hall–Kier alpha value is -1.60. The predicted molar refractivity (Wildman–Crippen MR) is 73.1 cm³/mol. The van der Waals surface area contributed by atoms with Gasteiger partial charge in [0.2, 0.25) is 0 Å². The highest BCUT2D eigenvalue weighted by Crippen LogP contribution is 2.20. The minimum atomic E-state index is -0.279. The summed E-state index contributed by atoms with van der Waals surface area (Å²) in [6, 6.07) is 14.6. The molecule has 0 aliphatic carbocycles. The number of fused-ring (bicyclic) bond motifs is 1. The third-order valence-corrected chi connectivity index (χ3v) is 3.04. The molecule has 0 fully saturated rings. The number of aliphatic hydroxyl groups excluding tert-OH is 1. The summed E-state index contributed by atoms with van der Waals surface area (Å²) in [6.45, 7) is 3.68. The fourth-order valence-electron chi connectivity index (χ4n) is 2.14. The van der Waals surface area contributed by atoms with E-state index in [-0.39, 0.29) is 6.10 Å². The Labute approximate surface area is 102 Å².